The van der Waals surface area contributed by atoms with Gasteiger partial charge in [0.15, 0.2) is 0 Å². The Balaban J connectivity index is 1.72. The first kappa shape index (κ1) is 22.4. The summed E-state index contributed by atoms with van der Waals surface area (Å²) in [6.07, 6.45) is 4.69. The lowest BCUT2D eigenvalue weighted by atomic mass is 10.1. The number of hydrogen-bond donors (Lipinski definition) is 1. The Bertz CT molecular complexity index is 1080. The molecule has 3 aromatic rings. The van der Waals surface area contributed by atoms with Crippen molar-refractivity contribution in [3.05, 3.63) is 99.5 Å². The average Bonchev–Trinajstić information content (AvgIpc) is 3.64. The number of hydrogen-bond acceptors (Lipinski definition) is 4. The van der Waals surface area contributed by atoms with E-state index in [0.717, 1.165) is 41.8 Å². The van der Waals surface area contributed by atoms with Gasteiger partial charge in [0.2, 0.25) is 0 Å². The van der Waals surface area contributed by atoms with Gasteiger partial charge in [0.05, 0.1) is 12.6 Å². The SMILES string of the molecule is CCC(c1ncc(C2CC2)c(=O)n1Cc1ccccc1)N(CCN)Cc1ccc(F)cc1. The Morgan fingerprint density at radius 1 is 1.12 bits per heavy atom. The molecule has 2 aromatic carbocycles. The molecule has 32 heavy (non-hydrogen) atoms. The van der Waals surface area contributed by atoms with Gasteiger partial charge in [-0.2, -0.15) is 0 Å². The van der Waals surface area contributed by atoms with Crippen molar-refractivity contribution in [2.24, 2.45) is 5.73 Å². The van der Waals surface area contributed by atoms with E-state index < -0.39 is 0 Å². The number of benzene rings is 2. The minimum Gasteiger partial charge on any atom is -0.329 e. The second-order valence-corrected chi connectivity index (χ2v) is 8.53. The highest BCUT2D eigenvalue weighted by molar-refractivity contribution is 5.23. The van der Waals surface area contributed by atoms with Crippen LogP contribution >= 0.6 is 0 Å². The molecule has 168 valence electrons. The first-order valence-corrected chi connectivity index (χ1v) is 11.4. The van der Waals surface area contributed by atoms with E-state index in [0.29, 0.717) is 32.1 Å². The van der Waals surface area contributed by atoms with Crippen molar-refractivity contribution in [1.29, 1.82) is 0 Å². The summed E-state index contributed by atoms with van der Waals surface area (Å²) in [6, 6.07) is 16.5. The number of aromatic nitrogens is 2. The molecule has 0 spiro atoms. The van der Waals surface area contributed by atoms with Gasteiger partial charge in [0.1, 0.15) is 11.6 Å². The number of halogens is 1. The van der Waals surface area contributed by atoms with Gasteiger partial charge >= 0.3 is 0 Å². The molecule has 1 saturated carbocycles. The van der Waals surface area contributed by atoms with Gasteiger partial charge in [-0.25, -0.2) is 9.37 Å². The molecule has 1 unspecified atom stereocenters. The molecule has 0 saturated heterocycles. The molecule has 0 aliphatic heterocycles. The Kier molecular flexibility index (Phi) is 7.12. The molecular formula is C26H31FN4O. The Labute approximate surface area is 188 Å². The van der Waals surface area contributed by atoms with Crippen LogP contribution in [0.2, 0.25) is 0 Å². The van der Waals surface area contributed by atoms with Crippen LogP contribution in [0, 0.1) is 5.82 Å². The normalized spacial score (nSPS) is 14.6. The zero-order valence-electron chi connectivity index (χ0n) is 18.6. The Morgan fingerprint density at radius 3 is 2.47 bits per heavy atom. The highest BCUT2D eigenvalue weighted by Gasteiger charge is 2.30. The van der Waals surface area contributed by atoms with E-state index in [2.05, 4.69) is 11.8 Å². The number of nitrogens with two attached hydrogens (primary N) is 1. The van der Waals surface area contributed by atoms with Gasteiger partial charge in [0, 0.05) is 31.4 Å². The molecule has 1 atom stereocenters. The van der Waals surface area contributed by atoms with Crippen LogP contribution in [0.5, 0.6) is 0 Å². The summed E-state index contributed by atoms with van der Waals surface area (Å²) >= 11 is 0. The van der Waals surface area contributed by atoms with Crippen molar-refractivity contribution in [2.75, 3.05) is 13.1 Å². The average molecular weight is 435 g/mol. The van der Waals surface area contributed by atoms with Crippen molar-refractivity contribution in [1.82, 2.24) is 14.5 Å². The van der Waals surface area contributed by atoms with Crippen molar-refractivity contribution in [3.63, 3.8) is 0 Å². The smallest absolute Gasteiger partial charge is 0.257 e. The molecule has 6 heteroatoms. The van der Waals surface area contributed by atoms with E-state index in [1.54, 1.807) is 18.3 Å². The van der Waals surface area contributed by atoms with Crippen LogP contribution in [0.3, 0.4) is 0 Å². The van der Waals surface area contributed by atoms with Crippen LogP contribution in [-0.4, -0.2) is 27.5 Å². The van der Waals surface area contributed by atoms with E-state index >= 15 is 0 Å². The van der Waals surface area contributed by atoms with Crippen LogP contribution in [0.25, 0.3) is 0 Å². The summed E-state index contributed by atoms with van der Waals surface area (Å²) in [7, 11) is 0. The fraction of sp³-hybridized carbons (Fsp3) is 0.385. The van der Waals surface area contributed by atoms with Crippen molar-refractivity contribution >= 4 is 0 Å². The van der Waals surface area contributed by atoms with Crippen molar-refractivity contribution < 1.29 is 4.39 Å². The Hall–Kier alpha value is -2.83. The molecule has 1 heterocycles. The van der Waals surface area contributed by atoms with Crippen LogP contribution in [0.15, 0.2) is 65.6 Å². The summed E-state index contributed by atoms with van der Waals surface area (Å²) in [5.74, 6) is 0.854. The van der Waals surface area contributed by atoms with E-state index in [1.165, 1.54) is 12.1 Å². The van der Waals surface area contributed by atoms with Crippen LogP contribution in [-0.2, 0) is 13.1 Å². The number of rotatable bonds is 10. The molecule has 0 radical (unpaired) electrons. The van der Waals surface area contributed by atoms with Crippen LogP contribution in [0.4, 0.5) is 4.39 Å². The lowest BCUT2D eigenvalue weighted by Crippen LogP contribution is -2.38. The molecule has 1 aliphatic rings. The molecule has 1 aliphatic carbocycles. The largest absolute Gasteiger partial charge is 0.329 e. The molecule has 0 bridgehead atoms. The molecule has 2 N–H and O–H groups in total. The third-order valence-corrected chi connectivity index (χ3v) is 6.15. The molecule has 0 amide bonds. The van der Waals surface area contributed by atoms with E-state index in [-0.39, 0.29) is 17.4 Å². The fourth-order valence-corrected chi connectivity index (χ4v) is 4.32. The summed E-state index contributed by atoms with van der Waals surface area (Å²) in [6.45, 7) is 4.35. The molecule has 5 nitrogen and oxygen atoms in total. The van der Waals surface area contributed by atoms with Gasteiger partial charge in [-0.05, 0) is 48.4 Å². The minimum atomic E-state index is -0.250. The highest BCUT2D eigenvalue weighted by Crippen LogP contribution is 2.38. The lowest BCUT2D eigenvalue weighted by molar-refractivity contribution is 0.175. The summed E-state index contributed by atoms with van der Waals surface area (Å²) in [4.78, 5) is 20.6. The molecular weight excluding hydrogens is 403 g/mol. The Morgan fingerprint density at radius 2 is 1.84 bits per heavy atom. The fourth-order valence-electron chi connectivity index (χ4n) is 4.32. The quantitative estimate of drug-likeness (QED) is 0.519. The number of nitrogens with zero attached hydrogens (tertiary/aromatic N) is 3. The summed E-state index contributed by atoms with van der Waals surface area (Å²) in [5.41, 5.74) is 8.92. The third-order valence-electron chi connectivity index (χ3n) is 6.15. The van der Waals surface area contributed by atoms with E-state index in [4.69, 9.17) is 10.7 Å². The predicted octanol–water partition coefficient (Wildman–Crippen LogP) is 4.22. The summed E-state index contributed by atoms with van der Waals surface area (Å²) in [5, 5.41) is 0. The second kappa shape index (κ2) is 10.2. The van der Waals surface area contributed by atoms with Gasteiger partial charge < -0.3 is 5.73 Å². The van der Waals surface area contributed by atoms with Gasteiger partial charge in [0.25, 0.3) is 5.56 Å². The van der Waals surface area contributed by atoms with Crippen LogP contribution < -0.4 is 11.3 Å². The zero-order chi connectivity index (χ0) is 22.5. The zero-order valence-corrected chi connectivity index (χ0v) is 18.6. The first-order chi connectivity index (χ1) is 15.6. The van der Waals surface area contributed by atoms with Crippen molar-refractivity contribution in [3.8, 4) is 0 Å². The van der Waals surface area contributed by atoms with Gasteiger partial charge in [-0.3, -0.25) is 14.3 Å². The molecule has 1 fully saturated rings. The van der Waals surface area contributed by atoms with Gasteiger partial charge in [-0.15, -0.1) is 0 Å². The lowest BCUT2D eigenvalue weighted by Gasteiger charge is -2.32. The molecule has 1 aromatic heterocycles. The molecule has 4 rings (SSSR count). The summed E-state index contributed by atoms with van der Waals surface area (Å²) < 4.78 is 15.2. The first-order valence-electron chi connectivity index (χ1n) is 11.4. The second-order valence-electron chi connectivity index (χ2n) is 8.53. The maximum atomic E-state index is 13.5. The minimum absolute atomic E-state index is 0.0642. The van der Waals surface area contributed by atoms with Crippen LogP contribution in [0.1, 0.15) is 60.7 Å². The van der Waals surface area contributed by atoms with Gasteiger partial charge in [-0.1, -0.05) is 49.4 Å². The maximum absolute atomic E-state index is 13.5. The van der Waals surface area contributed by atoms with Crippen molar-refractivity contribution in [2.45, 2.75) is 51.2 Å². The standard InChI is InChI=1S/C26H31FN4O/c1-2-24(30(15-14-28)17-20-8-12-22(27)13-9-20)25-29-16-23(21-10-11-21)26(32)31(25)18-19-6-4-3-5-7-19/h3-9,12-13,16,21,24H,2,10-11,14-15,17-18,28H2,1H3. The third kappa shape index (κ3) is 5.14. The predicted molar refractivity (Wildman–Crippen MR) is 125 cm³/mol. The maximum Gasteiger partial charge on any atom is 0.257 e. The monoisotopic (exact) mass is 434 g/mol. The van der Waals surface area contributed by atoms with E-state index in [9.17, 15) is 9.18 Å². The highest BCUT2D eigenvalue weighted by atomic mass is 19.1. The topological polar surface area (TPSA) is 64.2 Å². The van der Waals surface area contributed by atoms with E-state index in [1.807, 2.05) is 34.9 Å².